The lowest BCUT2D eigenvalue weighted by atomic mass is 10.2. The van der Waals surface area contributed by atoms with E-state index in [9.17, 15) is 14.4 Å². The van der Waals surface area contributed by atoms with Gasteiger partial charge in [0, 0.05) is 33.1 Å². The molecule has 0 N–H and O–H groups in total. The van der Waals surface area contributed by atoms with Crippen molar-refractivity contribution in [1.29, 1.82) is 0 Å². The lowest BCUT2D eigenvalue weighted by Gasteiger charge is -2.24. The highest BCUT2D eigenvalue weighted by molar-refractivity contribution is 5.81. The van der Waals surface area contributed by atoms with Crippen LogP contribution in [0, 0.1) is 0 Å². The Labute approximate surface area is 148 Å². The zero-order valence-corrected chi connectivity index (χ0v) is 15.1. The SMILES string of the molecule is CCN(CCN(C)C(=O)OCc1ccccc1)C(=O)CCC(=O)OC. The highest BCUT2D eigenvalue weighted by atomic mass is 16.6. The molecule has 0 aliphatic heterocycles. The summed E-state index contributed by atoms with van der Waals surface area (Å²) in [6.07, 6.45) is -0.286. The van der Waals surface area contributed by atoms with Crippen molar-refractivity contribution in [2.75, 3.05) is 33.8 Å². The van der Waals surface area contributed by atoms with E-state index in [1.54, 1.807) is 11.9 Å². The maximum absolute atomic E-state index is 12.1. The molecule has 0 saturated heterocycles. The van der Waals surface area contributed by atoms with Gasteiger partial charge in [-0.2, -0.15) is 0 Å². The van der Waals surface area contributed by atoms with Crippen molar-refractivity contribution in [3.05, 3.63) is 35.9 Å². The molecular formula is C18H26N2O5. The molecule has 25 heavy (non-hydrogen) atoms. The lowest BCUT2D eigenvalue weighted by Crippen LogP contribution is -2.39. The van der Waals surface area contributed by atoms with Gasteiger partial charge in [-0.15, -0.1) is 0 Å². The van der Waals surface area contributed by atoms with Crippen molar-refractivity contribution in [3.8, 4) is 0 Å². The number of rotatable bonds is 9. The van der Waals surface area contributed by atoms with Gasteiger partial charge < -0.3 is 19.3 Å². The van der Waals surface area contributed by atoms with E-state index in [4.69, 9.17) is 4.74 Å². The Morgan fingerprint density at radius 2 is 1.72 bits per heavy atom. The number of methoxy groups -OCH3 is 1. The van der Waals surface area contributed by atoms with Crippen molar-refractivity contribution in [1.82, 2.24) is 9.80 Å². The Bertz CT molecular complexity index is 562. The van der Waals surface area contributed by atoms with Gasteiger partial charge in [0.05, 0.1) is 13.5 Å². The summed E-state index contributed by atoms with van der Waals surface area (Å²) >= 11 is 0. The molecule has 0 saturated carbocycles. The average molecular weight is 350 g/mol. The second-order valence-corrected chi connectivity index (χ2v) is 5.51. The molecule has 138 valence electrons. The summed E-state index contributed by atoms with van der Waals surface area (Å²) < 4.78 is 9.76. The third-order valence-electron chi connectivity index (χ3n) is 3.73. The zero-order valence-electron chi connectivity index (χ0n) is 15.1. The van der Waals surface area contributed by atoms with Gasteiger partial charge >= 0.3 is 12.1 Å². The Kier molecular flexibility index (Phi) is 9.06. The van der Waals surface area contributed by atoms with Crippen LogP contribution < -0.4 is 0 Å². The maximum atomic E-state index is 12.1. The number of amides is 2. The molecule has 0 unspecified atom stereocenters. The third-order valence-corrected chi connectivity index (χ3v) is 3.73. The fourth-order valence-corrected chi connectivity index (χ4v) is 2.12. The standard InChI is InChI=1S/C18H26N2O5/c1-4-20(16(21)10-11-17(22)24-3)13-12-19(2)18(23)25-14-15-8-6-5-7-9-15/h5-9H,4,10-14H2,1-3H3. The van der Waals surface area contributed by atoms with E-state index in [-0.39, 0.29) is 25.4 Å². The lowest BCUT2D eigenvalue weighted by molar-refractivity contribution is -0.143. The van der Waals surface area contributed by atoms with Gasteiger partial charge in [0.1, 0.15) is 6.61 Å². The van der Waals surface area contributed by atoms with Crippen molar-refractivity contribution < 1.29 is 23.9 Å². The molecule has 1 aromatic carbocycles. The number of likely N-dealkylation sites (N-methyl/N-ethyl adjacent to an activating group) is 2. The summed E-state index contributed by atoms with van der Waals surface area (Å²) in [6, 6.07) is 9.42. The van der Waals surface area contributed by atoms with E-state index in [2.05, 4.69) is 4.74 Å². The second kappa shape index (κ2) is 11.1. The minimum atomic E-state index is -0.443. The van der Waals surface area contributed by atoms with Gasteiger partial charge in [0.25, 0.3) is 0 Å². The summed E-state index contributed by atoms with van der Waals surface area (Å²) in [5.74, 6) is -0.551. The van der Waals surface area contributed by atoms with Gasteiger partial charge in [-0.05, 0) is 12.5 Å². The highest BCUT2D eigenvalue weighted by Crippen LogP contribution is 2.04. The molecule has 0 radical (unpaired) electrons. The van der Waals surface area contributed by atoms with Crippen molar-refractivity contribution in [3.63, 3.8) is 0 Å². The van der Waals surface area contributed by atoms with Crippen LogP contribution in [-0.4, -0.2) is 61.6 Å². The fourth-order valence-electron chi connectivity index (χ4n) is 2.12. The zero-order chi connectivity index (χ0) is 18.7. The quantitative estimate of drug-likeness (QED) is 0.637. The Hall–Kier alpha value is -2.57. The summed E-state index contributed by atoms with van der Waals surface area (Å²) in [7, 11) is 2.92. The Morgan fingerprint density at radius 3 is 2.32 bits per heavy atom. The van der Waals surface area contributed by atoms with Crippen LogP contribution in [0.15, 0.2) is 30.3 Å². The van der Waals surface area contributed by atoms with E-state index in [0.29, 0.717) is 19.6 Å². The smallest absolute Gasteiger partial charge is 0.409 e. The Balaban J connectivity index is 2.36. The predicted octanol–water partition coefficient (Wildman–Crippen LogP) is 2.06. The minimum absolute atomic E-state index is 0.0563. The summed E-state index contributed by atoms with van der Waals surface area (Å²) in [4.78, 5) is 38.2. The highest BCUT2D eigenvalue weighted by Gasteiger charge is 2.16. The maximum Gasteiger partial charge on any atom is 0.409 e. The van der Waals surface area contributed by atoms with E-state index < -0.39 is 12.1 Å². The van der Waals surface area contributed by atoms with Crippen molar-refractivity contribution in [2.24, 2.45) is 0 Å². The average Bonchev–Trinajstić information content (AvgIpc) is 2.65. The normalized spacial score (nSPS) is 10.0. The molecule has 0 fully saturated rings. The van der Waals surface area contributed by atoms with E-state index in [1.165, 1.54) is 12.0 Å². The van der Waals surface area contributed by atoms with Gasteiger partial charge in [0.2, 0.25) is 5.91 Å². The molecule has 1 rings (SSSR count). The molecule has 0 atom stereocenters. The molecule has 0 bridgehead atoms. The largest absolute Gasteiger partial charge is 0.469 e. The molecule has 2 amide bonds. The van der Waals surface area contributed by atoms with E-state index in [1.807, 2.05) is 37.3 Å². The number of carbonyl (C=O) groups is 3. The van der Waals surface area contributed by atoms with Crippen LogP contribution in [0.3, 0.4) is 0 Å². The number of esters is 1. The molecule has 1 aromatic rings. The predicted molar refractivity (Wildman–Crippen MR) is 92.8 cm³/mol. The first kappa shape index (κ1) is 20.5. The number of hydrogen-bond acceptors (Lipinski definition) is 5. The molecular weight excluding hydrogens is 324 g/mol. The van der Waals surface area contributed by atoms with Crippen LogP contribution in [0.5, 0.6) is 0 Å². The van der Waals surface area contributed by atoms with Crippen molar-refractivity contribution in [2.45, 2.75) is 26.4 Å². The van der Waals surface area contributed by atoms with Crippen LogP contribution in [0.25, 0.3) is 0 Å². The summed E-state index contributed by atoms with van der Waals surface area (Å²) in [5, 5.41) is 0. The van der Waals surface area contributed by atoms with E-state index in [0.717, 1.165) is 5.56 Å². The second-order valence-electron chi connectivity index (χ2n) is 5.51. The molecule has 0 aliphatic carbocycles. The third kappa shape index (κ3) is 7.69. The molecule has 7 heteroatoms. The number of carbonyl (C=O) groups excluding carboxylic acids is 3. The number of ether oxygens (including phenoxy) is 2. The summed E-state index contributed by atoms with van der Waals surface area (Å²) in [6.45, 7) is 3.30. The first-order valence-electron chi connectivity index (χ1n) is 8.24. The van der Waals surface area contributed by atoms with Crippen LogP contribution >= 0.6 is 0 Å². The molecule has 0 heterocycles. The molecule has 0 aliphatic rings. The minimum Gasteiger partial charge on any atom is -0.469 e. The van der Waals surface area contributed by atoms with E-state index >= 15 is 0 Å². The molecule has 7 nitrogen and oxygen atoms in total. The Morgan fingerprint density at radius 1 is 1.04 bits per heavy atom. The van der Waals surface area contributed by atoms with Crippen LogP contribution in [0.1, 0.15) is 25.3 Å². The number of nitrogens with zero attached hydrogens (tertiary/aromatic N) is 2. The first-order chi connectivity index (χ1) is 12.0. The first-order valence-corrected chi connectivity index (χ1v) is 8.24. The topological polar surface area (TPSA) is 76.2 Å². The van der Waals surface area contributed by atoms with Crippen LogP contribution in [0.4, 0.5) is 4.79 Å². The fraction of sp³-hybridized carbons (Fsp3) is 0.500. The monoisotopic (exact) mass is 350 g/mol. The number of benzene rings is 1. The van der Waals surface area contributed by atoms with Gasteiger partial charge in [0.15, 0.2) is 0 Å². The summed E-state index contributed by atoms with van der Waals surface area (Å²) in [5.41, 5.74) is 0.914. The van der Waals surface area contributed by atoms with Gasteiger partial charge in [-0.25, -0.2) is 4.79 Å². The van der Waals surface area contributed by atoms with Gasteiger partial charge in [-0.3, -0.25) is 9.59 Å². The van der Waals surface area contributed by atoms with Crippen LogP contribution in [0.2, 0.25) is 0 Å². The van der Waals surface area contributed by atoms with Crippen LogP contribution in [-0.2, 0) is 25.7 Å². The van der Waals surface area contributed by atoms with Gasteiger partial charge in [-0.1, -0.05) is 30.3 Å². The molecule has 0 aromatic heterocycles. The van der Waals surface area contributed by atoms with Crippen molar-refractivity contribution >= 4 is 18.0 Å². The molecule has 0 spiro atoms. The number of hydrogen-bond donors (Lipinski definition) is 0.